The number of nitrogens with one attached hydrogen (secondary N) is 1. The number of carboxylic acid groups (broad SMARTS) is 1. The summed E-state index contributed by atoms with van der Waals surface area (Å²) in [6.07, 6.45) is 2.12. The summed E-state index contributed by atoms with van der Waals surface area (Å²) in [4.78, 5) is 11.6. The SMILES string of the molecule is O=C(O)C(=C1CC2(CCNCC2)c2ccccc21)S(=O)(=O)c1ccc(Cl)cc1. The molecule has 1 aliphatic carbocycles. The minimum absolute atomic E-state index is 0.0643. The Balaban J connectivity index is 1.94. The number of halogens is 1. The van der Waals surface area contributed by atoms with Crippen molar-refractivity contribution in [3.05, 3.63) is 69.6 Å². The summed E-state index contributed by atoms with van der Waals surface area (Å²) in [6, 6.07) is 13.2. The van der Waals surface area contributed by atoms with Gasteiger partial charge in [-0.1, -0.05) is 35.9 Å². The van der Waals surface area contributed by atoms with Crippen molar-refractivity contribution in [2.45, 2.75) is 29.6 Å². The molecule has 2 aromatic carbocycles. The number of hydrogen-bond acceptors (Lipinski definition) is 4. The predicted molar refractivity (Wildman–Crippen MR) is 108 cm³/mol. The first-order valence-electron chi connectivity index (χ1n) is 9.13. The Morgan fingerprint density at radius 2 is 1.68 bits per heavy atom. The second kappa shape index (κ2) is 7.03. The van der Waals surface area contributed by atoms with Gasteiger partial charge in [0.25, 0.3) is 0 Å². The fraction of sp³-hybridized carbons (Fsp3) is 0.286. The van der Waals surface area contributed by atoms with Crippen LogP contribution in [0.15, 0.2) is 58.3 Å². The third-order valence-corrected chi connectivity index (χ3v) is 7.86. The van der Waals surface area contributed by atoms with Gasteiger partial charge in [-0.2, -0.15) is 0 Å². The van der Waals surface area contributed by atoms with Gasteiger partial charge in [-0.3, -0.25) is 0 Å². The van der Waals surface area contributed by atoms with Crippen molar-refractivity contribution in [2.75, 3.05) is 13.1 Å². The first-order valence-corrected chi connectivity index (χ1v) is 11.0. The number of carboxylic acids is 1. The largest absolute Gasteiger partial charge is 0.477 e. The third-order valence-electron chi connectivity index (χ3n) is 5.76. The summed E-state index contributed by atoms with van der Waals surface area (Å²) in [5.41, 5.74) is 1.98. The van der Waals surface area contributed by atoms with E-state index in [1.807, 2.05) is 24.3 Å². The normalized spacial score (nSPS) is 20.0. The molecule has 0 aromatic heterocycles. The van der Waals surface area contributed by atoms with E-state index in [0.717, 1.165) is 37.1 Å². The molecule has 146 valence electrons. The average Bonchev–Trinajstić information content (AvgIpc) is 2.96. The van der Waals surface area contributed by atoms with Crippen LogP contribution < -0.4 is 5.32 Å². The van der Waals surface area contributed by atoms with Crippen LogP contribution in [0.4, 0.5) is 0 Å². The highest BCUT2D eigenvalue weighted by Crippen LogP contribution is 2.52. The fourth-order valence-electron chi connectivity index (χ4n) is 4.43. The van der Waals surface area contributed by atoms with Gasteiger partial charge < -0.3 is 10.4 Å². The van der Waals surface area contributed by atoms with Crippen molar-refractivity contribution < 1.29 is 18.3 Å². The van der Waals surface area contributed by atoms with E-state index < -0.39 is 20.7 Å². The summed E-state index contributed by atoms with van der Waals surface area (Å²) in [5.74, 6) is -1.43. The lowest BCUT2D eigenvalue weighted by molar-refractivity contribution is -0.131. The molecule has 0 bridgehead atoms. The second-order valence-corrected chi connectivity index (χ2v) is 9.65. The Morgan fingerprint density at radius 3 is 2.32 bits per heavy atom. The van der Waals surface area contributed by atoms with Crippen molar-refractivity contribution in [2.24, 2.45) is 0 Å². The van der Waals surface area contributed by atoms with E-state index in [4.69, 9.17) is 11.6 Å². The number of rotatable bonds is 3. The molecule has 1 spiro atoms. The zero-order valence-electron chi connectivity index (χ0n) is 15.1. The van der Waals surface area contributed by atoms with E-state index in [9.17, 15) is 18.3 Å². The van der Waals surface area contributed by atoms with E-state index in [0.29, 0.717) is 17.0 Å². The van der Waals surface area contributed by atoms with Crippen LogP contribution in [-0.4, -0.2) is 32.6 Å². The van der Waals surface area contributed by atoms with Crippen molar-refractivity contribution in [3.8, 4) is 0 Å². The van der Waals surface area contributed by atoms with E-state index in [-0.39, 0.29) is 10.3 Å². The zero-order valence-corrected chi connectivity index (χ0v) is 16.7. The molecule has 1 saturated heterocycles. The van der Waals surface area contributed by atoms with Crippen molar-refractivity contribution >= 4 is 33.0 Å². The molecule has 0 amide bonds. The Morgan fingerprint density at radius 1 is 1.04 bits per heavy atom. The molecule has 1 heterocycles. The van der Waals surface area contributed by atoms with Gasteiger partial charge >= 0.3 is 5.97 Å². The fourth-order valence-corrected chi connectivity index (χ4v) is 6.02. The molecule has 0 saturated carbocycles. The minimum atomic E-state index is -4.19. The van der Waals surface area contributed by atoms with Crippen LogP contribution in [-0.2, 0) is 20.0 Å². The monoisotopic (exact) mass is 417 g/mol. The first kappa shape index (κ1) is 19.2. The van der Waals surface area contributed by atoms with Crippen LogP contribution in [0.3, 0.4) is 0 Å². The summed E-state index contributed by atoms with van der Waals surface area (Å²) in [6.45, 7) is 1.65. The number of piperidine rings is 1. The molecule has 2 N–H and O–H groups in total. The molecule has 0 unspecified atom stereocenters. The van der Waals surface area contributed by atoms with E-state index in [1.165, 1.54) is 24.3 Å². The molecule has 1 aliphatic heterocycles. The summed E-state index contributed by atoms with van der Waals surface area (Å²) in [5, 5.41) is 13.6. The third kappa shape index (κ3) is 3.05. The maximum absolute atomic E-state index is 13.3. The number of fused-ring (bicyclic) bond motifs is 2. The molecule has 7 heteroatoms. The molecule has 28 heavy (non-hydrogen) atoms. The standard InChI is InChI=1S/C21H20ClNO4S/c22-14-5-7-15(8-6-14)28(26,27)19(20(24)25)17-13-21(9-11-23-12-10-21)18-4-2-1-3-16(17)18/h1-8,23H,9-13H2,(H,24,25). The lowest BCUT2D eigenvalue weighted by Gasteiger charge is -2.34. The highest BCUT2D eigenvalue weighted by atomic mass is 35.5. The highest BCUT2D eigenvalue weighted by molar-refractivity contribution is 7.96. The molecular weight excluding hydrogens is 398 g/mol. The van der Waals surface area contributed by atoms with Crippen LogP contribution in [0, 0.1) is 0 Å². The topological polar surface area (TPSA) is 83.5 Å². The number of hydrogen-bond donors (Lipinski definition) is 2. The maximum atomic E-state index is 13.3. The van der Waals surface area contributed by atoms with Gasteiger partial charge in [0.05, 0.1) is 4.90 Å². The molecule has 0 radical (unpaired) electrons. The van der Waals surface area contributed by atoms with Crippen molar-refractivity contribution in [3.63, 3.8) is 0 Å². The lowest BCUT2D eigenvalue weighted by Crippen LogP contribution is -2.38. The van der Waals surface area contributed by atoms with Crippen molar-refractivity contribution in [1.82, 2.24) is 5.32 Å². The number of carbonyl (C=O) groups is 1. The van der Waals surface area contributed by atoms with Crippen LogP contribution in [0.2, 0.25) is 5.02 Å². The number of aliphatic carboxylic acids is 1. The van der Waals surface area contributed by atoms with E-state index in [1.54, 1.807) is 0 Å². The van der Waals surface area contributed by atoms with Gasteiger partial charge in [-0.25, -0.2) is 13.2 Å². The van der Waals surface area contributed by atoms with E-state index in [2.05, 4.69) is 5.32 Å². The Labute approximate surface area is 169 Å². The molecule has 2 aliphatic rings. The maximum Gasteiger partial charge on any atom is 0.348 e. The van der Waals surface area contributed by atoms with Gasteiger partial charge in [-0.05, 0) is 73.3 Å². The number of allylic oxidation sites excluding steroid dienone is 1. The highest BCUT2D eigenvalue weighted by Gasteiger charge is 2.45. The van der Waals surface area contributed by atoms with Crippen molar-refractivity contribution in [1.29, 1.82) is 0 Å². The summed E-state index contributed by atoms with van der Waals surface area (Å²) in [7, 11) is -4.19. The Kier molecular flexibility index (Phi) is 4.81. The van der Waals surface area contributed by atoms with Gasteiger partial charge in [0.2, 0.25) is 9.84 Å². The van der Waals surface area contributed by atoms with Crippen LogP contribution in [0.5, 0.6) is 0 Å². The van der Waals surface area contributed by atoms with Crippen LogP contribution >= 0.6 is 11.6 Å². The average molecular weight is 418 g/mol. The number of benzene rings is 2. The molecule has 0 atom stereocenters. The van der Waals surface area contributed by atoms with E-state index >= 15 is 0 Å². The minimum Gasteiger partial charge on any atom is -0.477 e. The zero-order chi connectivity index (χ0) is 19.9. The first-order chi connectivity index (χ1) is 13.3. The molecule has 1 fully saturated rings. The molecular formula is C21H20ClNO4S. The van der Waals surface area contributed by atoms with Gasteiger partial charge in [0, 0.05) is 10.4 Å². The van der Waals surface area contributed by atoms with Crippen LogP contribution in [0.25, 0.3) is 5.57 Å². The molecule has 4 rings (SSSR count). The summed E-state index contributed by atoms with van der Waals surface area (Å²) < 4.78 is 26.5. The van der Waals surface area contributed by atoms with Gasteiger partial charge in [0.15, 0.2) is 4.91 Å². The smallest absolute Gasteiger partial charge is 0.348 e. The predicted octanol–water partition coefficient (Wildman–Crippen LogP) is 3.63. The van der Waals surface area contributed by atoms with Gasteiger partial charge in [-0.15, -0.1) is 0 Å². The quantitative estimate of drug-likeness (QED) is 0.745. The van der Waals surface area contributed by atoms with Crippen LogP contribution in [0.1, 0.15) is 30.4 Å². The lowest BCUT2D eigenvalue weighted by atomic mass is 9.74. The second-order valence-electron chi connectivity index (χ2n) is 7.32. The summed E-state index contributed by atoms with van der Waals surface area (Å²) >= 11 is 5.87. The Hall–Kier alpha value is -2.15. The van der Waals surface area contributed by atoms with Gasteiger partial charge in [0.1, 0.15) is 0 Å². The Bertz CT molecular complexity index is 1070. The molecule has 5 nitrogen and oxygen atoms in total. The number of sulfone groups is 1. The molecule has 2 aromatic rings.